The third-order valence-electron chi connectivity index (χ3n) is 4.38. The van der Waals surface area contributed by atoms with Crippen molar-refractivity contribution in [1.29, 1.82) is 0 Å². The first-order valence-electron chi connectivity index (χ1n) is 7.47. The van der Waals surface area contributed by atoms with Gasteiger partial charge in [-0.15, -0.1) is 0 Å². The van der Waals surface area contributed by atoms with Gasteiger partial charge in [0.15, 0.2) is 0 Å². The normalized spacial score (nSPS) is 26.4. The van der Waals surface area contributed by atoms with E-state index < -0.39 is 17.6 Å². The van der Waals surface area contributed by atoms with E-state index >= 15 is 0 Å². The van der Waals surface area contributed by atoms with Gasteiger partial charge >= 0.3 is 12.1 Å². The molecule has 120 valence electrons. The van der Waals surface area contributed by atoms with Crippen molar-refractivity contribution in [2.24, 2.45) is 11.3 Å². The van der Waals surface area contributed by atoms with Crippen LogP contribution in [0.1, 0.15) is 39.2 Å². The van der Waals surface area contributed by atoms with Gasteiger partial charge < -0.3 is 15.2 Å². The number of ether oxygens (including phenoxy) is 1. The number of hydrogen-bond donors (Lipinski definition) is 2. The van der Waals surface area contributed by atoms with Gasteiger partial charge in [0.2, 0.25) is 0 Å². The Morgan fingerprint density at radius 3 is 2.45 bits per heavy atom. The lowest BCUT2D eigenvalue weighted by Gasteiger charge is -2.30. The number of aliphatic carboxylic acids is 1. The Bertz CT molecular complexity index is 555. The monoisotopic (exact) mass is 305 g/mol. The fourth-order valence-corrected chi connectivity index (χ4v) is 3.45. The molecule has 1 aromatic carbocycles. The summed E-state index contributed by atoms with van der Waals surface area (Å²) in [7, 11) is 0. The van der Waals surface area contributed by atoms with E-state index in [0.717, 1.165) is 12.0 Å². The van der Waals surface area contributed by atoms with Crippen molar-refractivity contribution >= 4 is 12.1 Å². The van der Waals surface area contributed by atoms with Gasteiger partial charge in [-0.3, -0.25) is 0 Å². The molecule has 5 nitrogen and oxygen atoms in total. The molecule has 2 N–H and O–H groups in total. The average molecular weight is 305 g/mol. The van der Waals surface area contributed by atoms with Gasteiger partial charge in [0.1, 0.15) is 12.1 Å². The summed E-state index contributed by atoms with van der Waals surface area (Å²) in [5.74, 6) is -1.15. The first-order chi connectivity index (χ1) is 10.3. The highest BCUT2D eigenvalue weighted by molar-refractivity contribution is 5.85. The second kappa shape index (κ2) is 5.99. The van der Waals surface area contributed by atoms with Crippen LogP contribution in [0.2, 0.25) is 0 Å². The van der Waals surface area contributed by atoms with Crippen molar-refractivity contribution < 1.29 is 19.4 Å². The highest BCUT2D eigenvalue weighted by Crippen LogP contribution is 2.47. The molecule has 2 atom stereocenters. The Labute approximate surface area is 130 Å². The highest BCUT2D eigenvalue weighted by Gasteiger charge is 2.55. The van der Waals surface area contributed by atoms with Crippen molar-refractivity contribution in [1.82, 2.24) is 5.32 Å². The van der Waals surface area contributed by atoms with Crippen LogP contribution in [0.5, 0.6) is 0 Å². The van der Waals surface area contributed by atoms with Gasteiger partial charge in [0.25, 0.3) is 0 Å². The van der Waals surface area contributed by atoms with Crippen molar-refractivity contribution in [3.8, 4) is 0 Å². The number of amides is 1. The maximum atomic E-state index is 12.0. The van der Waals surface area contributed by atoms with E-state index in [-0.39, 0.29) is 17.9 Å². The number of hydrogen-bond acceptors (Lipinski definition) is 3. The molecular weight excluding hydrogens is 282 g/mol. The van der Waals surface area contributed by atoms with Crippen LogP contribution in [0.15, 0.2) is 30.3 Å². The number of carboxylic acids is 1. The lowest BCUT2D eigenvalue weighted by Crippen LogP contribution is -2.56. The summed E-state index contributed by atoms with van der Waals surface area (Å²) in [6.07, 6.45) is 0.464. The first-order valence-corrected chi connectivity index (χ1v) is 7.47. The SMILES string of the molecule is C[C@@H]1CC(C)(C)C[C@]1(NC(=O)OCc1ccccc1)C(=O)O. The predicted molar refractivity (Wildman–Crippen MR) is 82.3 cm³/mol. The number of alkyl carbamates (subject to hydrolysis) is 1. The molecule has 0 saturated heterocycles. The highest BCUT2D eigenvalue weighted by atomic mass is 16.5. The first kappa shape index (κ1) is 16.3. The Balaban J connectivity index is 2.03. The zero-order valence-electron chi connectivity index (χ0n) is 13.3. The largest absolute Gasteiger partial charge is 0.479 e. The third kappa shape index (κ3) is 3.40. The number of carboxylic acid groups (broad SMARTS) is 1. The quantitative estimate of drug-likeness (QED) is 0.895. The molecule has 0 bridgehead atoms. The standard InChI is InChI=1S/C17H23NO4/c1-12-9-16(2,3)11-17(12,14(19)20)18-15(21)22-10-13-7-5-4-6-8-13/h4-8,12H,9-11H2,1-3H3,(H,18,21)(H,19,20)/t12-,17-/m1/s1. The zero-order chi connectivity index (χ0) is 16.4. The van der Waals surface area contributed by atoms with Gasteiger partial charge in [-0.1, -0.05) is 51.1 Å². The molecular formula is C17H23NO4. The summed E-state index contributed by atoms with van der Waals surface area (Å²) in [6, 6.07) is 9.29. The topological polar surface area (TPSA) is 75.6 Å². The van der Waals surface area contributed by atoms with E-state index in [2.05, 4.69) is 5.32 Å². The maximum Gasteiger partial charge on any atom is 0.408 e. The molecule has 5 heteroatoms. The molecule has 0 aliphatic heterocycles. The molecule has 1 amide bonds. The number of carbonyl (C=O) groups excluding carboxylic acids is 1. The smallest absolute Gasteiger partial charge is 0.408 e. The molecule has 0 heterocycles. The summed E-state index contributed by atoms with van der Waals surface area (Å²) >= 11 is 0. The molecule has 0 spiro atoms. The van der Waals surface area contributed by atoms with Crippen molar-refractivity contribution in [2.75, 3.05) is 0 Å². The zero-order valence-corrected chi connectivity index (χ0v) is 13.3. The van der Waals surface area contributed by atoms with Crippen LogP contribution in [0.3, 0.4) is 0 Å². The van der Waals surface area contributed by atoms with E-state index in [9.17, 15) is 14.7 Å². The van der Waals surface area contributed by atoms with Crippen molar-refractivity contribution in [2.45, 2.75) is 45.8 Å². The summed E-state index contributed by atoms with van der Waals surface area (Å²) < 4.78 is 5.17. The summed E-state index contributed by atoms with van der Waals surface area (Å²) in [6.45, 7) is 6.02. The van der Waals surface area contributed by atoms with Gasteiger partial charge in [-0.25, -0.2) is 9.59 Å². The van der Waals surface area contributed by atoms with Gasteiger partial charge in [0, 0.05) is 0 Å². The van der Waals surface area contributed by atoms with Crippen LogP contribution in [0.4, 0.5) is 4.79 Å². The van der Waals surface area contributed by atoms with Crippen LogP contribution in [0, 0.1) is 11.3 Å². The molecule has 0 radical (unpaired) electrons. The summed E-state index contributed by atoms with van der Waals surface area (Å²) in [4.78, 5) is 23.8. The van der Waals surface area contributed by atoms with Crippen LogP contribution in [-0.2, 0) is 16.1 Å². The second-order valence-electron chi connectivity index (χ2n) is 6.91. The van der Waals surface area contributed by atoms with Crippen LogP contribution in [0.25, 0.3) is 0 Å². The molecule has 2 rings (SSSR count). The molecule has 1 saturated carbocycles. The number of benzene rings is 1. The fourth-order valence-electron chi connectivity index (χ4n) is 3.45. The van der Waals surface area contributed by atoms with E-state index in [1.807, 2.05) is 51.1 Å². The van der Waals surface area contributed by atoms with E-state index in [1.165, 1.54) is 0 Å². The summed E-state index contributed by atoms with van der Waals surface area (Å²) in [5, 5.41) is 12.2. The predicted octanol–water partition coefficient (Wildman–Crippen LogP) is 3.19. The van der Waals surface area contributed by atoms with Crippen molar-refractivity contribution in [3.05, 3.63) is 35.9 Å². The Morgan fingerprint density at radius 2 is 1.95 bits per heavy atom. The van der Waals surface area contributed by atoms with E-state index in [0.29, 0.717) is 6.42 Å². The van der Waals surface area contributed by atoms with Gasteiger partial charge in [-0.05, 0) is 29.7 Å². The minimum atomic E-state index is -1.25. The lowest BCUT2D eigenvalue weighted by molar-refractivity contribution is -0.146. The minimum absolute atomic E-state index is 0.121. The molecule has 22 heavy (non-hydrogen) atoms. The Kier molecular flexibility index (Phi) is 4.44. The molecule has 1 aliphatic carbocycles. The Morgan fingerprint density at radius 1 is 1.32 bits per heavy atom. The minimum Gasteiger partial charge on any atom is -0.479 e. The summed E-state index contributed by atoms with van der Waals surface area (Å²) in [5.41, 5.74) is -0.510. The van der Waals surface area contributed by atoms with E-state index in [1.54, 1.807) is 0 Å². The fraction of sp³-hybridized carbons (Fsp3) is 0.529. The average Bonchev–Trinajstić information content (AvgIpc) is 2.68. The van der Waals surface area contributed by atoms with Crippen LogP contribution in [-0.4, -0.2) is 22.7 Å². The third-order valence-corrected chi connectivity index (χ3v) is 4.38. The number of carbonyl (C=O) groups is 2. The maximum absolute atomic E-state index is 12.0. The molecule has 1 fully saturated rings. The van der Waals surface area contributed by atoms with Crippen molar-refractivity contribution in [3.63, 3.8) is 0 Å². The van der Waals surface area contributed by atoms with Crippen LogP contribution >= 0.6 is 0 Å². The molecule has 0 aromatic heterocycles. The molecule has 0 unspecified atom stereocenters. The van der Waals surface area contributed by atoms with E-state index in [4.69, 9.17) is 4.74 Å². The molecule has 1 aliphatic rings. The van der Waals surface area contributed by atoms with Gasteiger partial charge in [-0.2, -0.15) is 0 Å². The molecule has 1 aromatic rings. The van der Waals surface area contributed by atoms with Gasteiger partial charge in [0.05, 0.1) is 0 Å². The Hall–Kier alpha value is -2.04. The number of rotatable bonds is 4. The number of nitrogens with one attached hydrogen (secondary N) is 1. The van der Waals surface area contributed by atoms with Crippen LogP contribution < -0.4 is 5.32 Å². The second-order valence-corrected chi connectivity index (χ2v) is 6.91. The lowest BCUT2D eigenvalue weighted by atomic mass is 9.86.